The maximum Gasteiger partial charge on any atom is 0.254 e. The molecule has 12 heterocycles. The second-order valence-corrected chi connectivity index (χ2v) is 31.0. The van der Waals surface area contributed by atoms with Crippen molar-refractivity contribution in [3.8, 4) is 64.9 Å². The number of nitrogens with zero attached hydrogens (tertiary/aromatic N) is 13. The summed E-state index contributed by atoms with van der Waals surface area (Å²) in [6.07, 6.45) is 29.5. The van der Waals surface area contributed by atoms with Crippen molar-refractivity contribution in [1.29, 1.82) is 5.26 Å². The fraction of sp³-hybridized carbons (Fsp3) is 0.333. The minimum absolute atomic E-state index is 0.0797. The molecule has 3 N–H and O–H groups in total. The molecule has 6 aromatic heterocycles. The number of aromatic nitrogens is 9. The van der Waals surface area contributed by atoms with Crippen LogP contribution in [0.5, 0.6) is 0 Å². The van der Waals surface area contributed by atoms with Crippen molar-refractivity contribution in [3.63, 3.8) is 0 Å². The largest absolute Gasteiger partial charge is 0.357 e. The van der Waals surface area contributed by atoms with Gasteiger partial charge < -0.3 is 44.4 Å². The lowest BCUT2D eigenvalue weighted by Gasteiger charge is -2.32. The number of aromatic amines is 3. The Balaban J connectivity index is 0.000000127. The van der Waals surface area contributed by atoms with Gasteiger partial charge in [-0.2, -0.15) is 5.26 Å². The molecule has 6 fully saturated rings. The molecule has 112 heavy (non-hydrogen) atoms. The lowest BCUT2D eigenvalue weighted by atomic mass is 9.88. The molecule has 6 aliphatic rings. The number of H-pyrrole nitrogens is 3. The van der Waals surface area contributed by atoms with Crippen molar-refractivity contribution >= 4 is 68.3 Å². The highest BCUT2D eigenvalue weighted by atomic mass is 16.2. The summed E-state index contributed by atoms with van der Waals surface area (Å²) in [7, 11) is 0. The van der Waals surface area contributed by atoms with E-state index in [2.05, 4.69) is 125 Å². The minimum Gasteiger partial charge on any atom is -0.357 e. The molecule has 6 aliphatic heterocycles. The molecule has 0 aliphatic carbocycles. The summed E-state index contributed by atoms with van der Waals surface area (Å²) >= 11 is 0. The van der Waals surface area contributed by atoms with E-state index in [1.54, 1.807) is 0 Å². The van der Waals surface area contributed by atoms with Crippen LogP contribution in [0.4, 0.5) is 17.5 Å². The molecule has 0 unspecified atom stereocenters. The lowest BCUT2D eigenvalue weighted by molar-refractivity contribution is 0.0704. The minimum atomic E-state index is 0.0797. The van der Waals surface area contributed by atoms with Gasteiger partial charge in [0.1, 0.15) is 34.9 Å². The number of fused-ring (bicyclic) bond motifs is 3. The van der Waals surface area contributed by atoms with Crippen LogP contribution < -0.4 is 14.7 Å². The highest BCUT2D eigenvalue weighted by Gasteiger charge is 2.31. The van der Waals surface area contributed by atoms with E-state index >= 15 is 0 Å². The first kappa shape index (κ1) is 73.7. The zero-order valence-corrected chi connectivity index (χ0v) is 64.4. The second kappa shape index (κ2) is 32.7. The third-order valence-corrected chi connectivity index (χ3v) is 23.8. The highest BCUT2D eigenvalue weighted by molar-refractivity contribution is 5.99. The Morgan fingerprint density at radius 3 is 1.16 bits per heavy atom. The van der Waals surface area contributed by atoms with Gasteiger partial charge in [-0.15, -0.1) is 12.8 Å². The Kier molecular flexibility index (Phi) is 21.5. The predicted octanol–water partition coefficient (Wildman–Crippen LogP) is 16.8. The number of pyridine rings is 3. The summed E-state index contributed by atoms with van der Waals surface area (Å²) < 4.78 is 0. The Hall–Kier alpha value is -12.4. The first-order valence-corrected chi connectivity index (χ1v) is 39.8. The number of anilines is 3. The molecule has 19 nitrogen and oxygen atoms in total. The van der Waals surface area contributed by atoms with Gasteiger partial charge in [-0.1, -0.05) is 72.5 Å². The molecule has 0 radical (unpaired) electrons. The van der Waals surface area contributed by atoms with E-state index in [0.29, 0.717) is 28.9 Å². The van der Waals surface area contributed by atoms with Crippen LogP contribution in [0.15, 0.2) is 158 Å². The Morgan fingerprint density at radius 2 is 0.750 bits per heavy atom. The lowest BCUT2D eigenvalue weighted by Crippen LogP contribution is -2.38. The molecule has 0 atom stereocenters. The molecule has 564 valence electrons. The summed E-state index contributed by atoms with van der Waals surface area (Å²) in [5.41, 5.74) is 20.9. The number of benzene rings is 6. The molecule has 3 amide bonds. The van der Waals surface area contributed by atoms with E-state index in [1.807, 2.05) is 138 Å². The van der Waals surface area contributed by atoms with Crippen LogP contribution in [0.1, 0.15) is 182 Å². The van der Waals surface area contributed by atoms with Crippen LogP contribution in [0, 0.1) is 63.7 Å². The van der Waals surface area contributed by atoms with E-state index in [9.17, 15) is 14.4 Å². The van der Waals surface area contributed by atoms with E-state index in [0.717, 1.165) is 246 Å². The van der Waals surface area contributed by atoms with Crippen LogP contribution in [-0.4, -0.2) is 156 Å². The van der Waals surface area contributed by atoms with Crippen LogP contribution in [0.3, 0.4) is 0 Å². The van der Waals surface area contributed by atoms with Gasteiger partial charge in [0.25, 0.3) is 17.7 Å². The number of rotatable bonds is 12. The van der Waals surface area contributed by atoms with Crippen molar-refractivity contribution < 1.29 is 14.4 Å². The predicted molar refractivity (Wildman–Crippen MR) is 445 cm³/mol. The average molecular weight is 1480 g/mol. The van der Waals surface area contributed by atoms with Crippen molar-refractivity contribution in [2.45, 2.75) is 122 Å². The fourth-order valence-corrected chi connectivity index (χ4v) is 17.1. The van der Waals surface area contributed by atoms with Crippen LogP contribution in [-0.2, 0) is 0 Å². The topological polar surface area (TPSA) is 219 Å². The fourth-order valence-electron chi connectivity index (χ4n) is 17.1. The van der Waals surface area contributed by atoms with Crippen molar-refractivity contribution in [1.82, 2.24) is 59.6 Å². The number of hydrogen-bond acceptors (Lipinski definition) is 13. The number of amides is 3. The number of carbonyl (C=O) groups excluding carboxylic acids is 3. The SMILES string of the molecule is C#Cc1ccc(C2CCN(C(=O)c3cc(-c4nc5cc(N6CCCC6)ncc5[nH]4)ccc3C)CC2)cc1.C#Cc1ccc(C2CCN(C(=O)c3ccc(C)c(-c4nc5cc(N6CCCC6)ncc5[nH]4)c3)CC2)cc1.Cc1cc(C)c(-c2nc3cc(N4CCCC4)ncc3[nH]2)cc1C(=O)N1CCC(c2ccc(C#N)cc2)CC1. The molecular weight excluding hydrogens is 1390 g/mol. The van der Waals surface area contributed by atoms with Crippen LogP contribution in [0.2, 0.25) is 0 Å². The highest BCUT2D eigenvalue weighted by Crippen LogP contribution is 2.37. The maximum absolute atomic E-state index is 13.6. The molecule has 18 rings (SSSR count). The summed E-state index contributed by atoms with van der Waals surface area (Å²) in [5, 5.41) is 9.06. The second-order valence-electron chi connectivity index (χ2n) is 31.0. The maximum atomic E-state index is 13.6. The Labute approximate surface area is 655 Å². The van der Waals surface area contributed by atoms with Crippen molar-refractivity contribution in [3.05, 3.63) is 230 Å². The summed E-state index contributed by atoms with van der Waals surface area (Å²) in [6.45, 7) is 18.9. The third kappa shape index (κ3) is 15.9. The summed E-state index contributed by atoms with van der Waals surface area (Å²) in [5.74, 6) is 12.2. The van der Waals surface area contributed by atoms with E-state index in [4.69, 9.17) is 33.1 Å². The van der Waals surface area contributed by atoms with Crippen LogP contribution in [0.25, 0.3) is 67.3 Å². The number of terminal acetylenes is 2. The van der Waals surface area contributed by atoms with Gasteiger partial charge in [0.2, 0.25) is 0 Å². The molecule has 0 spiro atoms. The molecule has 0 saturated carbocycles. The zero-order valence-electron chi connectivity index (χ0n) is 64.4. The molecular formula is C93H94N16O3. The van der Waals surface area contributed by atoms with E-state index in [-0.39, 0.29) is 17.7 Å². The van der Waals surface area contributed by atoms with Gasteiger partial charge in [0.15, 0.2) is 0 Å². The average Bonchev–Trinajstić information content (AvgIpc) is 1.61. The van der Waals surface area contributed by atoms with Gasteiger partial charge >= 0.3 is 0 Å². The number of likely N-dealkylation sites (tertiary alicyclic amines) is 3. The van der Waals surface area contributed by atoms with Gasteiger partial charge in [-0.3, -0.25) is 14.4 Å². The number of nitrogens with one attached hydrogen (secondary N) is 3. The van der Waals surface area contributed by atoms with Crippen molar-refractivity contribution in [2.75, 3.05) is 93.2 Å². The first-order chi connectivity index (χ1) is 54.7. The summed E-state index contributed by atoms with van der Waals surface area (Å²) in [6, 6.07) is 48.8. The zero-order chi connectivity index (χ0) is 76.9. The van der Waals surface area contributed by atoms with Gasteiger partial charge in [0, 0.05) is 141 Å². The number of piperidine rings is 3. The number of nitriles is 1. The standard InChI is InChI=1S/C31H32N6O.2C31H31N5O/c1-20-15-21(2)26(31(38)37-13-9-24(10-14-37)23-7-5-22(18-32)6-8-23)16-25(20)30-34-27-17-29(33-19-28(27)35-30)36-11-3-4-12-36;1-3-22-7-10-23(11-8-22)24-12-16-36(17-13-24)31(37)25-9-6-21(2)26(18-25)30-33-27-19-29(32-20-28(27)34-30)35-14-4-5-15-35;1-3-22-7-10-23(11-8-22)24-12-16-36(17-13-24)31(37)26-18-25(9-6-21(26)2)30-33-27-19-29(32-20-28(27)34-30)35-14-4-5-15-35/h5-8,15-17,19,24H,3-4,9-14H2,1-2H3,(H,34,35);2*1,6-11,18-20,24H,4-5,12-17H2,2H3,(H,33,34). The number of aryl methyl sites for hydroxylation is 4. The quantitative estimate of drug-likeness (QED) is 0.0971. The number of hydrogen-bond donors (Lipinski definition) is 3. The smallest absolute Gasteiger partial charge is 0.254 e. The Morgan fingerprint density at radius 1 is 0.384 bits per heavy atom. The van der Waals surface area contributed by atoms with E-state index in [1.165, 1.54) is 55.2 Å². The first-order valence-electron chi connectivity index (χ1n) is 39.8. The molecule has 12 aromatic rings. The Bertz CT molecular complexity index is 5600. The van der Waals surface area contributed by atoms with Gasteiger partial charge in [-0.05, 0) is 222 Å². The van der Waals surface area contributed by atoms with Crippen molar-refractivity contribution in [2.24, 2.45) is 0 Å². The molecule has 6 saturated heterocycles. The summed E-state index contributed by atoms with van der Waals surface area (Å²) in [4.78, 5) is 92.4. The molecule has 0 bridgehead atoms. The molecule has 19 heteroatoms. The number of imidazole rings is 3. The normalized spacial score (nSPS) is 16.3. The van der Waals surface area contributed by atoms with Gasteiger partial charge in [0.05, 0.1) is 63.3 Å². The van der Waals surface area contributed by atoms with Crippen LogP contribution >= 0.6 is 0 Å². The molecule has 6 aromatic carbocycles. The number of carbonyl (C=O) groups is 3. The van der Waals surface area contributed by atoms with Gasteiger partial charge in [-0.25, -0.2) is 29.9 Å². The monoisotopic (exact) mass is 1480 g/mol. The van der Waals surface area contributed by atoms with E-state index < -0.39 is 0 Å². The third-order valence-electron chi connectivity index (χ3n) is 23.8.